The third-order valence-electron chi connectivity index (χ3n) is 2.83. The molecule has 0 aromatic carbocycles. The molecule has 88 valence electrons. The Labute approximate surface area is 94.1 Å². The Kier molecular flexibility index (Phi) is 3.47. The van der Waals surface area contributed by atoms with Crippen LogP contribution in [0.2, 0.25) is 0 Å². The summed E-state index contributed by atoms with van der Waals surface area (Å²) in [6.45, 7) is 5.22. The summed E-state index contributed by atoms with van der Waals surface area (Å²) in [5.74, 6) is -1.27. The lowest BCUT2D eigenvalue weighted by molar-refractivity contribution is -0.163. The summed E-state index contributed by atoms with van der Waals surface area (Å²) in [7, 11) is 2.48. The van der Waals surface area contributed by atoms with Gasteiger partial charge in [0.2, 0.25) is 5.41 Å². The minimum atomic E-state index is -1.40. The second-order valence-electron chi connectivity index (χ2n) is 3.61. The Morgan fingerprint density at radius 2 is 1.94 bits per heavy atom. The van der Waals surface area contributed by atoms with E-state index < -0.39 is 17.4 Å². The lowest BCUT2D eigenvalue weighted by atomic mass is 9.80. The molecule has 1 aliphatic heterocycles. The monoisotopic (exact) mass is 225 g/mol. The summed E-state index contributed by atoms with van der Waals surface area (Å²) in [6, 6.07) is -0.252. The van der Waals surface area contributed by atoms with Gasteiger partial charge in [-0.25, -0.2) is 0 Å². The summed E-state index contributed by atoms with van der Waals surface area (Å²) in [5, 5.41) is 0. The van der Waals surface area contributed by atoms with Crippen LogP contribution in [0, 0.1) is 5.41 Å². The molecule has 0 N–H and O–H groups in total. The van der Waals surface area contributed by atoms with Crippen molar-refractivity contribution in [2.75, 3.05) is 14.2 Å². The predicted molar refractivity (Wildman–Crippen MR) is 58.2 cm³/mol. The third kappa shape index (κ3) is 1.62. The number of hydrogen-bond acceptors (Lipinski definition) is 5. The van der Waals surface area contributed by atoms with Gasteiger partial charge in [-0.2, -0.15) is 0 Å². The summed E-state index contributed by atoms with van der Waals surface area (Å²) < 4.78 is 9.34. The van der Waals surface area contributed by atoms with E-state index in [2.05, 4.69) is 21.0 Å². The maximum Gasteiger partial charge on any atom is 0.329 e. The Balaban J connectivity index is 3.18. The molecule has 1 heterocycles. The molecule has 1 unspecified atom stereocenters. The number of carbonyl (C=O) groups is 2. The van der Waals surface area contributed by atoms with E-state index in [0.717, 1.165) is 0 Å². The predicted octanol–water partition coefficient (Wildman–Crippen LogP) is 0.738. The molecular formula is C11H15NO4. The lowest BCUT2D eigenvalue weighted by Gasteiger charge is -2.23. The molecule has 5 heteroatoms. The summed E-state index contributed by atoms with van der Waals surface area (Å²) in [5.41, 5.74) is -0.987. The molecule has 0 aromatic heterocycles. The van der Waals surface area contributed by atoms with E-state index in [1.165, 1.54) is 14.2 Å². The number of rotatable bonds is 3. The van der Waals surface area contributed by atoms with E-state index in [4.69, 9.17) is 0 Å². The number of ether oxygens (including phenoxy) is 2. The van der Waals surface area contributed by atoms with Crippen LogP contribution < -0.4 is 0 Å². The second-order valence-corrected chi connectivity index (χ2v) is 3.61. The molecule has 0 spiro atoms. The van der Waals surface area contributed by atoms with Crippen molar-refractivity contribution < 1.29 is 19.1 Å². The van der Waals surface area contributed by atoms with Gasteiger partial charge < -0.3 is 9.47 Å². The van der Waals surface area contributed by atoms with E-state index in [-0.39, 0.29) is 12.5 Å². The van der Waals surface area contributed by atoms with E-state index >= 15 is 0 Å². The highest BCUT2D eigenvalue weighted by Gasteiger charge is 2.55. The standard InChI is InChI=1S/C11H15NO4/c1-5-8-6-11(7(2)12-8,9(13)15-3)10(14)16-4/h5,8H,1,6H2,2-4H3. The molecule has 0 bridgehead atoms. The smallest absolute Gasteiger partial charge is 0.329 e. The van der Waals surface area contributed by atoms with Crippen molar-refractivity contribution >= 4 is 17.7 Å². The Morgan fingerprint density at radius 1 is 1.44 bits per heavy atom. The topological polar surface area (TPSA) is 65.0 Å². The molecule has 5 nitrogen and oxygen atoms in total. The van der Waals surface area contributed by atoms with Crippen LogP contribution in [0.15, 0.2) is 17.6 Å². The molecule has 0 aromatic rings. The van der Waals surface area contributed by atoms with E-state index in [1.54, 1.807) is 13.0 Å². The number of esters is 2. The fourth-order valence-corrected chi connectivity index (χ4v) is 1.90. The lowest BCUT2D eigenvalue weighted by Crippen LogP contribution is -2.45. The first-order valence-corrected chi connectivity index (χ1v) is 4.87. The number of hydrogen-bond donors (Lipinski definition) is 0. The van der Waals surface area contributed by atoms with Gasteiger partial charge in [-0.05, 0) is 6.92 Å². The van der Waals surface area contributed by atoms with Crippen LogP contribution in [-0.2, 0) is 19.1 Å². The van der Waals surface area contributed by atoms with Gasteiger partial charge in [0.1, 0.15) is 0 Å². The quantitative estimate of drug-likeness (QED) is 0.403. The van der Waals surface area contributed by atoms with Gasteiger partial charge in [0.15, 0.2) is 0 Å². The van der Waals surface area contributed by atoms with Crippen molar-refractivity contribution in [3.05, 3.63) is 12.7 Å². The van der Waals surface area contributed by atoms with Crippen LogP contribution in [0.5, 0.6) is 0 Å². The molecular weight excluding hydrogens is 210 g/mol. The maximum atomic E-state index is 11.8. The zero-order valence-electron chi connectivity index (χ0n) is 9.65. The molecule has 16 heavy (non-hydrogen) atoms. The van der Waals surface area contributed by atoms with Crippen molar-refractivity contribution in [1.82, 2.24) is 0 Å². The number of nitrogens with zero attached hydrogens (tertiary/aromatic N) is 1. The first-order chi connectivity index (χ1) is 7.52. The zero-order valence-corrected chi connectivity index (χ0v) is 9.65. The molecule has 0 aliphatic carbocycles. The van der Waals surface area contributed by atoms with Crippen molar-refractivity contribution in [1.29, 1.82) is 0 Å². The third-order valence-corrected chi connectivity index (χ3v) is 2.83. The highest BCUT2D eigenvalue weighted by Crippen LogP contribution is 2.36. The van der Waals surface area contributed by atoms with Gasteiger partial charge >= 0.3 is 11.9 Å². The van der Waals surface area contributed by atoms with E-state index in [9.17, 15) is 9.59 Å². The van der Waals surface area contributed by atoms with E-state index in [1.807, 2.05) is 0 Å². The Bertz CT molecular complexity index is 343. The van der Waals surface area contributed by atoms with Crippen molar-refractivity contribution in [3.8, 4) is 0 Å². The average Bonchev–Trinajstić information content (AvgIpc) is 2.65. The van der Waals surface area contributed by atoms with Gasteiger partial charge in [0, 0.05) is 12.1 Å². The molecule has 0 saturated heterocycles. The zero-order chi connectivity index (χ0) is 12.3. The number of carbonyl (C=O) groups excluding carboxylic acids is 2. The number of methoxy groups -OCH3 is 2. The van der Waals surface area contributed by atoms with Crippen molar-refractivity contribution in [2.45, 2.75) is 19.4 Å². The molecule has 1 atom stereocenters. The minimum Gasteiger partial charge on any atom is -0.468 e. The Hall–Kier alpha value is -1.65. The molecule has 1 rings (SSSR count). The average molecular weight is 225 g/mol. The van der Waals surface area contributed by atoms with Crippen molar-refractivity contribution in [2.24, 2.45) is 10.4 Å². The first kappa shape index (κ1) is 12.4. The van der Waals surface area contributed by atoms with Gasteiger partial charge in [-0.15, -0.1) is 6.58 Å². The Morgan fingerprint density at radius 3 is 2.25 bits per heavy atom. The van der Waals surface area contributed by atoms with Crippen LogP contribution in [0.25, 0.3) is 0 Å². The molecule has 0 saturated carbocycles. The van der Waals surface area contributed by atoms with Crippen LogP contribution in [0.1, 0.15) is 13.3 Å². The highest BCUT2D eigenvalue weighted by atomic mass is 16.5. The van der Waals surface area contributed by atoms with Crippen molar-refractivity contribution in [3.63, 3.8) is 0 Å². The van der Waals surface area contributed by atoms with Gasteiger partial charge in [-0.3, -0.25) is 14.6 Å². The van der Waals surface area contributed by atoms with Gasteiger partial charge in [0.05, 0.1) is 20.3 Å². The molecule has 0 amide bonds. The number of aliphatic imine (C=N–C) groups is 1. The largest absolute Gasteiger partial charge is 0.468 e. The van der Waals surface area contributed by atoms with E-state index in [0.29, 0.717) is 5.71 Å². The summed E-state index contributed by atoms with van der Waals surface area (Å²) in [6.07, 6.45) is 1.82. The van der Waals surface area contributed by atoms with Crippen LogP contribution in [-0.4, -0.2) is 37.9 Å². The SMILES string of the molecule is C=CC1CC(C(=O)OC)(C(=O)OC)C(C)=N1. The molecule has 0 radical (unpaired) electrons. The second kappa shape index (κ2) is 4.47. The highest BCUT2D eigenvalue weighted by molar-refractivity contribution is 6.22. The minimum absolute atomic E-state index is 0.224. The molecule has 1 aliphatic rings. The summed E-state index contributed by atoms with van der Waals surface area (Å²) >= 11 is 0. The fraction of sp³-hybridized carbons (Fsp3) is 0.545. The van der Waals surface area contributed by atoms with Crippen LogP contribution in [0.3, 0.4) is 0 Å². The van der Waals surface area contributed by atoms with Gasteiger partial charge in [-0.1, -0.05) is 6.08 Å². The normalized spacial score (nSPS) is 22.2. The maximum absolute atomic E-state index is 11.8. The molecule has 0 fully saturated rings. The van der Waals surface area contributed by atoms with Gasteiger partial charge in [0.25, 0.3) is 0 Å². The van der Waals surface area contributed by atoms with Crippen LogP contribution >= 0.6 is 0 Å². The van der Waals surface area contributed by atoms with Crippen LogP contribution in [0.4, 0.5) is 0 Å². The first-order valence-electron chi connectivity index (χ1n) is 4.87. The fourth-order valence-electron chi connectivity index (χ4n) is 1.90. The summed E-state index contributed by atoms with van der Waals surface area (Å²) in [4.78, 5) is 27.7.